The minimum Gasteiger partial charge on any atom is -0.396 e. The molecule has 0 fully saturated rings. The Morgan fingerprint density at radius 3 is 1.33 bits per heavy atom. The number of rotatable bonds is 7. The van der Waals surface area contributed by atoms with E-state index in [-0.39, 0.29) is 13.2 Å². The van der Waals surface area contributed by atoms with Crippen LogP contribution in [0.2, 0.25) is 0 Å². The normalized spacial score (nSPS) is 9.81. The predicted octanol–water partition coefficient (Wildman–Crippen LogP) is 2.73. The van der Waals surface area contributed by atoms with E-state index in [0.717, 1.165) is 25.9 Å². The molecule has 0 amide bonds. The monoisotopic (exact) mass is 287 g/mol. The number of aliphatic hydroxyl groups is 2. The van der Waals surface area contributed by atoms with Crippen LogP contribution in [-0.2, 0) is 13.1 Å². The van der Waals surface area contributed by atoms with Crippen molar-refractivity contribution in [1.82, 2.24) is 5.32 Å². The van der Waals surface area contributed by atoms with Gasteiger partial charge in [-0.05, 0) is 24.0 Å². The molecule has 0 bridgehead atoms. The molecule has 0 aromatic heterocycles. The van der Waals surface area contributed by atoms with Gasteiger partial charge in [-0.15, -0.1) is 0 Å². The van der Waals surface area contributed by atoms with Gasteiger partial charge in [0, 0.05) is 26.3 Å². The fourth-order valence-corrected chi connectivity index (χ4v) is 1.77. The highest BCUT2D eigenvalue weighted by atomic mass is 16.3. The van der Waals surface area contributed by atoms with Crippen LogP contribution in [0.15, 0.2) is 60.7 Å². The molecule has 0 heterocycles. The van der Waals surface area contributed by atoms with Gasteiger partial charge in [0.2, 0.25) is 0 Å². The van der Waals surface area contributed by atoms with Crippen LogP contribution in [0.1, 0.15) is 24.0 Å². The molecule has 0 aliphatic rings. The summed E-state index contributed by atoms with van der Waals surface area (Å²) in [5, 5.41) is 19.6. The van der Waals surface area contributed by atoms with Gasteiger partial charge in [-0.25, -0.2) is 0 Å². The number of benzene rings is 2. The van der Waals surface area contributed by atoms with Crippen molar-refractivity contribution in [3.63, 3.8) is 0 Å². The third-order valence-corrected chi connectivity index (χ3v) is 2.91. The van der Waals surface area contributed by atoms with E-state index in [0.29, 0.717) is 0 Å². The van der Waals surface area contributed by atoms with E-state index in [4.69, 9.17) is 10.2 Å². The molecule has 114 valence electrons. The van der Waals surface area contributed by atoms with Crippen LogP contribution in [0.25, 0.3) is 0 Å². The maximum absolute atomic E-state index is 8.09. The summed E-state index contributed by atoms with van der Waals surface area (Å²) in [5.74, 6) is 0. The molecule has 0 atom stereocenters. The zero-order valence-electron chi connectivity index (χ0n) is 12.4. The van der Waals surface area contributed by atoms with Crippen LogP contribution in [0.4, 0.5) is 0 Å². The topological polar surface area (TPSA) is 52.5 Å². The lowest BCUT2D eigenvalue weighted by Crippen LogP contribution is -2.12. The fourth-order valence-electron chi connectivity index (χ4n) is 1.77. The first-order valence-electron chi connectivity index (χ1n) is 7.37. The van der Waals surface area contributed by atoms with E-state index in [1.54, 1.807) is 0 Å². The van der Waals surface area contributed by atoms with E-state index < -0.39 is 0 Å². The average Bonchev–Trinajstić information content (AvgIpc) is 2.55. The molecule has 2 aromatic carbocycles. The summed E-state index contributed by atoms with van der Waals surface area (Å²) in [6, 6.07) is 20.9. The number of unbranched alkanes of at least 4 members (excludes halogenated alkanes) is 1. The highest BCUT2D eigenvalue weighted by Gasteiger charge is 1.92. The molecule has 0 saturated carbocycles. The van der Waals surface area contributed by atoms with Crippen molar-refractivity contribution < 1.29 is 10.2 Å². The van der Waals surface area contributed by atoms with Crippen LogP contribution in [0.3, 0.4) is 0 Å². The van der Waals surface area contributed by atoms with Gasteiger partial charge in [0.15, 0.2) is 0 Å². The van der Waals surface area contributed by atoms with Gasteiger partial charge < -0.3 is 15.5 Å². The second-order valence-electron chi connectivity index (χ2n) is 4.73. The Balaban J connectivity index is 0.000000315. The fraction of sp³-hybridized carbons (Fsp3) is 0.333. The summed E-state index contributed by atoms with van der Waals surface area (Å²) in [7, 11) is 0. The van der Waals surface area contributed by atoms with Crippen molar-refractivity contribution in [2.75, 3.05) is 13.2 Å². The Bertz CT molecular complexity index is 402. The van der Waals surface area contributed by atoms with E-state index in [9.17, 15) is 0 Å². The van der Waals surface area contributed by atoms with Crippen LogP contribution in [0, 0.1) is 0 Å². The Morgan fingerprint density at radius 2 is 1.00 bits per heavy atom. The van der Waals surface area contributed by atoms with Gasteiger partial charge in [0.1, 0.15) is 0 Å². The maximum Gasteiger partial charge on any atom is 0.0431 e. The van der Waals surface area contributed by atoms with Crippen molar-refractivity contribution in [3.8, 4) is 0 Å². The first-order valence-corrected chi connectivity index (χ1v) is 7.37. The molecule has 21 heavy (non-hydrogen) atoms. The van der Waals surface area contributed by atoms with Crippen molar-refractivity contribution in [2.45, 2.75) is 25.9 Å². The van der Waals surface area contributed by atoms with Gasteiger partial charge in [0.25, 0.3) is 0 Å². The predicted molar refractivity (Wildman–Crippen MR) is 86.8 cm³/mol. The highest BCUT2D eigenvalue weighted by molar-refractivity contribution is 5.16. The molecule has 0 radical (unpaired) electrons. The van der Waals surface area contributed by atoms with Crippen molar-refractivity contribution in [1.29, 1.82) is 0 Å². The number of nitrogens with one attached hydrogen (secondary N) is 1. The molecule has 2 rings (SSSR count). The molecule has 0 aliphatic heterocycles. The maximum atomic E-state index is 8.09. The van der Waals surface area contributed by atoms with Gasteiger partial charge in [-0.2, -0.15) is 0 Å². The summed E-state index contributed by atoms with van der Waals surface area (Å²) in [5.41, 5.74) is 2.65. The number of aliphatic hydroxyl groups excluding tert-OH is 2. The number of hydrogen-bond donors (Lipinski definition) is 3. The molecule has 0 spiro atoms. The van der Waals surface area contributed by atoms with E-state index in [2.05, 4.69) is 53.8 Å². The van der Waals surface area contributed by atoms with Crippen LogP contribution in [0.5, 0.6) is 0 Å². The Kier molecular flexibility index (Phi) is 10.0. The Morgan fingerprint density at radius 1 is 0.619 bits per heavy atom. The molecule has 2 aromatic rings. The minimum atomic E-state index is 0.195. The molecular formula is C18H25NO2. The van der Waals surface area contributed by atoms with Crippen molar-refractivity contribution >= 4 is 0 Å². The smallest absolute Gasteiger partial charge is 0.0431 e. The van der Waals surface area contributed by atoms with Gasteiger partial charge >= 0.3 is 0 Å². The standard InChI is InChI=1S/C14H15N.C4H10O2/c1-3-7-13(8-4-1)11-15-12-14-9-5-2-6-10-14;5-3-1-2-4-6/h1-10,15H,11-12H2;5-6H,1-4H2. The Hall–Kier alpha value is -1.68. The second kappa shape index (κ2) is 12.1. The molecule has 0 aliphatic carbocycles. The quantitative estimate of drug-likeness (QED) is 0.686. The second-order valence-corrected chi connectivity index (χ2v) is 4.73. The van der Waals surface area contributed by atoms with Crippen molar-refractivity contribution in [2.24, 2.45) is 0 Å². The summed E-state index contributed by atoms with van der Waals surface area (Å²) in [4.78, 5) is 0. The third-order valence-electron chi connectivity index (χ3n) is 2.91. The van der Waals surface area contributed by atoms with E-state index in [1.807, 2.05) is 12.1 Å². The largest absolute Gasteiger partial charge is 0.396 e. The Labute approximate surface area is 127 Å². The molecule has 0 saturated heterocycles. The lowest BCUT2D eigenvalue weighted by Gasteiger charge is -2.04. The number of hydrogen-bond acceptors (Lipinski definition) is 3. The molecule has 3 heteroatoms. The summed E-state index contributed by atoms with van der Waals surface area (Å²) < 4.78 is 0. The average molecular weight is 287 g/mol. The zero-order chi connectivity index (χ0) is 15.2. The summed E-state index contributed by atoms with van der Waals surface area (Å²) in [6.07, 6.45) is 1.44. The molecular weight excluding hydrogens is 262 g/mol. The van der Waals surface area contributed by atoms with E-state index in [1.165, 1.54) is 11.1 Å². The van der Waals surface area contributed by atoms with E-state index >= 15 is 0 Å². The van der Waals surface area contributed by atoms with Gasteiger partial charge in [0.05, 0.1) is 0 Å². The lowest BCUT2D eigenvalue weighted by molar-refractivity contribution is 0.242. The lowest BCUT2D eigenvalue weighted by atomic mass is 10.2. The van der Waals surface area contributed by atoms with Crippen LogP contribution in [-0.4, -0.2) is 23.4 Å². The third kappa shape index (κ3) is 8.97. The molecule has 3 nitrogen and oxygen atoms in total. The summed E-state index contributed by atoms with van der Waals surface area (Å²) >= 11 is 0. The first-order chi connectivity index (χ1) is 10.4. The SMILES string of the molecule is OCCCCO.c1ccc(CNCc2ccccc2)cc1. The van der Waals surface area contributed by atoms with Crippen LogP contribution < -0.4 is 5.32 Å². The summed E-state index contributed by atoms with van der Waals surface area (Å²) in [6.45, 7) is 2.24. The van der Waals surface area contributed by atoms with Crippen molar-refractivity contribution in [3.05, 3.63) is 71.8 Å². The molecule has 3 N–H and O–H groups in total. The first kappa shape index (κ1) is 17.4. The minimum absolute atomic E-state index is 0.195. The van der Waals surface area contributed by atoms with Gasteiger partial charge in [-0.1, -0.05) is 60.7 Å². The van der Waals surface area contributed by atoms with Crippen LogP contribution >= 0.6 is 0 Å². The molecule has 0 unspecified atom stereocenters. The zero-order valence-corrected chi connectivity index (χ0v) is 12.4. The highest BCUT2D eigenvalue weighted by Crippen LogP contribution is 2.00. The van der Waals surface area contributed by atoms with Gasteiger partial charge in [-0.3, -0.25) is 0 Å².